The van der Waals surface area contributed by atoms with E-state index >= 15 is 0 Å². The van der Waals surface area contributed by atoms with Crippen LogP contribution in [0.1, 0.15) is 36.3 Å². The zero-order chi connectivity index (χ0) is 15.2. The molecule has 0 aliphatic carbocycles. The number of rotatable bonds is 5. The van der Waals surface area contributed by atoms with Gasteiger partial charge < -0.3 is 10.6 Å². The molecule has 1 unspecified atom stereocenters. The molecule has 2 N–H and O–H groups in total. The van der Waals surface area contributed by atoms with Crippen LogP contribution in [0.15, 0.2) is 36.7 Å². The number of nitrogens with zero attached hydrogens (tertiary/aromatic N) is 2. The van der Waals surface area contributed by atoms with Gasteiger partial charge in [0.1, 0.15) is 17.8 Å². The number of benzene rings is 1. The third-order valence-corrected chi connectivity index (χ3v) is 3.30. The molecule has 0 spiro atoms. The minimum Gasteiger partial charge on any atom is -0.348 e. The number of para-hydroxylation sites is 1. The molecular formula is C16H20N4O. The summed E-state index contributed by atoms with van der Waals surface area (Å²) in [5, 5.41) is 6.09. The molecule has 21 heavy (non-hydrogen) atoms. The molecule has 2 aromatic rings. The molecule has 0 aliphatic heterocycles. The summed E-state index contributed by atoms with van der Waals surface area (Å²) in [5.41, 5.74) is 2.44. The van der Waals surface area contributed by atoms with Gasteiger partial charge in [-0.3, -0.25) is 4.79 Å². The van der Waals surface area contributed by atoms with Gasteiger partial charge in [-0.05, 0) is 31.9 Å². The van der Waals surface area contributed by atoms with E-state index in [0.29, 0.717) is 11.5 Å². The summed E-state index contributed by atoms with van der Waals surface area (Å²) in [6.07, 6.45) is 2.28. The van der Waals surface area contributed by atoms with Gasteiger partial charge in [0.05, 0.1) is 0 Å². The standard InChI is InChI=1S/C16H20N4O/c1-4-12(3)19-16(21)14-9-15(18-10-17-14)20-13-8-6-5-7-11(13)2/h5-10,12H,4H2,1-3H3,(H,19,21)(H,17,18,20). The van der Waals surface area contributed by atoms with Crippen LogP contribution in [-0.2, 0) is 0 Å². The van der Waals surface area contributed by atoms with E-state index in [9.17, 15) is 4.79 Å². The highest BCUT2D eigenvalue weighted by Crippen LogP contribution is 2.18. The van der Waals surface area contributed by atoms with Crippen molar-refractivity contribution in [1.82, 2.24) is 15.3 Å². The molecule has 0 saturated carbocycles. The summed E-state index contributed by atoms with van der Waals surface area (Å²) >= 11 is 0. The fourth-order valence-corrected chi connectivity index (χ4v) is 1.80. The molecule has 1 heterocycles. The van der Waals surface area contributed by atoms with Crippen molar-refractivity contribution in [3.05, 3.63) is 47.9 Å². The second-order valence-electron chi connectivity index (χ2n) is 5.01. The van der Waals surface area contributed by atoms with Gasteiger partial charge in [-0.25, -0.2) is 9.97 Å². The maximum atomic E-state index is 12.1. The number of anilines is 2. The van der Waals surface area contributed by atoms with Crippen molar-refractivity contribution in [2.45, 2.75) is 33.2 Å². The smallest absolute Gasteiger partial charge is 0.270 e. The van der Waals surface area contributed by atoms with Gasteiger partial charge in [-0.2, -0.15) is 0 Å². The minimum absolute atomic E-state index is 0.125. The number of carbonyl (C=O) groups is 1. The number of hydrogen-bond acceptors (Lipinski definition) is 4. The predicted molar refractivity (Wildman–Crippen MR) is 83.7 cm³/mol. The molecule has 5 nitrogen and oxygen atoms in total. The fraction of sp³-hybridized carbons (Fsp3) is 0.312. The van der Waals surface area contributed by atoms with Crippen molar-refractivity contribution in [1.29, 1.82) is 0 Å². The van der Waals surface area contributed by atoms with Crippen LogP contribution in [0.5, 0.6) is 0 Å². The van der Waals surface area contributed by atoms with E-state index in [1.165, 1.54) is 6.33 Å². The van der Waals surface area contributed by atoms with Crippen LogP contribution in [0.4, 0.5) is 11.5 Å². The maximum absolute atomic E-state index is 12.1. The van der Waals surface area contributed by atoms with Gasteiger partial charge in [0.2, 0.25) is 0 Å². The lowest BCUT2D eigenvalue weighted by Crippen LogP contribution is -2.32. The third-order valence-electron chi connectivity index (χ3n) is 3.30. The van der Waals surface area contributed by atoms with E-state index in [2.05, 4.69) is 20.6 Å². The third kappa shape index (κ3) is 4.02. The Labute approximate surface area is 124 Å². The molecular weight excluding hydrogens is 264 g/mol. The van der Waals surface area contributed by atoms with Gasteiger partial charge >= 0.3 is 0 Å². The first-order valence-electron chi connectivity index (χ1n) is 7.05. The zero-order valence-electron chi connectivity index (χ0n) is 12.6. The Morgan fingerprint density at radius 3 is 2.76 bits per heavy atom. The maximum Gasteiger partial charge on any atom is 0.270 e. The normalized spacial score (nSPS) is 11.8. The first kappa shape index (κ1) is 15.0. The van der Waals surface area contributed by atoms with Crippen LogP contribution in [0.25, 0.3) is 0 Å². The Kier molecular flexibility index (Phi) is 4.87. The first-order valence-corrected chi connectivity index (χ1v) is 7.05. The molecule has 0 radical (unpaired) electrons. The summed E-state index contributed by atoms with van der Waals surface area (Å²) in [7, 11) is 0. The van der Waals surface area contributed by atoms with E-state index < -0.39 is 0 Å². The second-order valence-corrected chi connectivity index (χ2v) is 5.01. The van der Waals surface area contributed by atoms with E-state index in [-0.39, 0.29) is 11.9 Å². The fourth-order valence-electron chi connectivity index (χ4n) is 1.80. The average Bonchev–Trinajstić information content (AvgIpc) is 2.49. The van der Waals surface area contributed by atoms with Gasteiger partial charge in [-0.15, -0.1) is 0 Å². The molecule has 110 valence electrons. The monoisotopic (exact) mass is 284 g/mol. The Hall–Kier alpha value is -2.43. The lowest BCUT2D eigenvalue weighted by Gasteiger charge is -2.12. The molecule has 0 bridgehead atoms. The van der Waals surface area contributed by atoms with E-state index in [0.717, 1.165) is 17.7 Å². The molecule has 0 fully saturated rings. The van der Waals surface area contributed by atoms with Crippen LogP contribution in [-0.4, -0.2) is 21.9 Å². The molecule has 1 aromatic heterocycles. The van der Waals surface area contributed by atoms with Crippen LogP contribution < -0.4 is 10.6 Å². The molecule has 1 atom stereocenters. The Morgan fingerprint density at radius 2 is 2.05 bits per heavy atom. The molecule has 5 heteroatoms. The first-order chi connectivity index (χ1) is 10.1. The summed E-state index contributed by atoms with van der Waals surface area (Å²) in [6, 6.07) is 9.69. The SMILES string of the molecule is CCC(C)NC(=O)c1cc(Nc2ccccc2C)ncn1. The van der Waals surface area contributed by atoms with Crippen molar-refractivity contribution < 1.29 is 4.79 Å². The van der Waals surface area contributed by atoms with Gasteiger partial charge in [0.15, 0.2) is 0 Å². The summed E-state index contributed by atoms with van der Waals surface area (Å²) in [4.78, 5) is 20.2. The highest BCUT2D eigenvalue weighted by molar-refractivity contribution is 5.93. The van der Waals surface area contributed by atoms with E-state index in [1.807, 2.05) is 45.0 Å². The van der Waals surface area contributed by atoms with Crippen LogP contribution in [0, 0.1) is 6.92 Å². The highest BCUT2D eigenvalue weighted by atomic mass is 16.1. The molecule has 0 saturated heterocycles. The summed E-state index contributed by atoms with van der Waals surface area (Å²) in [5.74, 6) is 0.424. The quantitative estimate of drug-likeness (QED) is 0.885. The van der Waals surface area contributed by atoms with Crippen molar-refractivity contribution in [3.63, 3.8) is 0 Å². The Bertz CT molecular complexity index is 627. The van der Waals surface area contributed by atoms with Gasteiger partial charge in [-0.1, -0.05) is 25.1 Å². The van der Waals surface area contributed by atoms with Gasteiger partial charge in [0, 0.05) is 17.8 Å². The lowest BCUT2D eigenvalue weighted by molar-refractivity contribution is 0.0934. The van der Waals surface area contributed by atoms with Crippen molar-refractivity contribution in [2.24, 2.45) is 0 Å². The van der Waals surface area contributed by atoms with E-state index in [4.69, 9.17) is 0 Å². The van der Waals surface area contributed by atoms with Gasteiger partial charge in [0.25, 0.3) is 5.91 Å². The van der Waals surface area contributed by atoms with Crippen LogP contribution >= 0.6 is 0 Å². The molecule has 1 aromatic carbocycles. The summed E-state index contributed by atoms with van der Waals surface area (Å²) in [6.45, 7) is 6.00. The van der Waals surface area contributed by atoms with Crippen molar-refractivity contribution in [3.8, 4) is 0 Å². The predicted octanol–water partition coefficient (Wildman–Crippen LogP) is 3.06. The Morgan fingerprint density at radius 1 is 1.29 bits per heavy atom. The summed E-state index contributed by atoms with van der Waals surface area (Å²) < 4.78 is 0. The second kappa shape index (κ2) is 6.83. The molecule has 2 rings (SSSR count). The average molecular weight is 284 g/mol. The number of carbonyl (C=O) groups excluding carboxylic acids is 1. The number of amides is 1. The van der Waals surface area contributed by atoms with E-state index in [1.54, 1.807) is 6.07 Å². The minimum atomic E-state index is -0.181. The number of hydrogen-bond donors (Lipinski definition) is 2. The zero-order valence-corrected chi connectivity index (χ0v) is 12.6. The largest absolute Gasteiger partial charge is 0.348 e. The van der Waals surface area contributed by atoms with Crippen LogP contribution in [0.2, 0.25) is 0 Å². The number of aromatic nitrogens is 2. The lowest BCUT2D eigenvalue weighted by atomic mass is 10.2. The molecule has 1 amide bonds. The number of nitrogens with one attached hydrogen (secondary N) is 2. The van der Waals surface area contributed by atoms with Crippen molar-refractivity contribution in [2.75, 3.05) is 5.32 Å². The molecule has 0 aliphatic rings. The van der Waals surface area contributed by atoms with Crippen molar-refractivity contribution >= 4 is 17.4 Å². The number of aryl methyl sites for hydroxylation is 1. The highest BCUT2D eigenvalue weighted by Gasteiger charge is 2.11. The van der Waals surface area contributed by atoms with Crippen LogP contribution in [0.3, 0.4) is 0 Å². The topological polar surface area (TPSA) is 66.9 Å². The Balaban J connectivity index is 2.14.